The van der Waals surface area contributed by atoms with Crippen LogP contribution in [0.15, 0.2) is 24.5 Å². The molecule has 1 rings (SSSR count). The molecule has 62 valence electrons. The van der Waals surface area contributed by atoms with Crippen LogP contribution >= 0.6 is 10.7 Å². The van der Waals surface area contributed by atoms with Gasteiger partial charge in [-0.25, -0.2) is 8.42 Å². The molecule has 0 fully saturated rings. The predicted octanol–water partition coefficient (Wildman–Crippen LogP) is 1.14. The Kier molecular flexibility index (Phi) is 5.78. The van der Waals surface area contributed by atoms with E-state index in [1.807, 2.05) is 19.1 Å². The second kappa shape index (κ2) is 6.12. The zero-order chi connectivity index (χ0) is 8.69. The Balaban J connectivity index is 0.000000218. The SMILES string of the molecule is Cc1ccncc1.O=[SH](=O)Cl. The summed E-state index contributed by atoms with van der Waals surface area (Å²) in [4.78, 5) is 3.85. The minimum Gasteiger partial charge on any atom is -0.265 e. The van der Waals surface area contributed by atoms with E-state index in [4.69, 9.17) is 8.42 Å². The highest BCUT2D eigenvalue weighted by Gasteiger charge is 1.72. The van der Waals surface area contributed by atoms with Gasteiger partial charge in [0.15, 0.2) is 0 Å². The van der Waals surface area contributed by atoms with Gasteiger partial charge >= 0.3 is 0 Å². The zero-order valence-corrected chi connectivity index (χ0v) is 7.55. The highest BCUT2D eigenvalue weighted by molar-refractivity contribution is 7.98. The Morgan fingerprint density at radius 1 is 1.36 bits per heavy atom. The molecule has 0 aliphatic rings. The molecule has 0 bridgehead atoms. The summed E-state index contributed by atoms with van der Waals surface area (Å²) in [5, 5.41) is 0. The minimum atomic E-state index is -2.65. The van der Waals surface area contributed by atoms with Crippen LogP contribution < -0.4 is 0 Å². The second-order valence-corrected chi connectivity index (χ2v) is 2.99. The fourth-order valence-electron chi connectivity index (χ4n) is 0.426. The molecule has 0 saturated carbocycles. The first-order valence-corrected chi connectivity index (χ1v) is 4.88. The molecule has 0 saturated heterocycles. The van der Waals surface area contributed by atoms with E-state index in [0.717, 1.165) is 0 Å². The van der Waals surface area contributed by atoms with E-state index in [0.29, 0.717) is 0 Å². The third-order valence-electron chi connectivity index (χ3n) is 0.847. The van der Waals surface area contributed by atoms with Crippen LogP contribution in [0.4, 0.5) is 0 Å². The Bertz CT molecular complexity index is 253. The molecule has 0 amide bonds. The van der Waals surface area contributed by atoms with Crippen molar-refractivity contribution in [1.82, 2.24) is 4.98 Å². The molecule has 0 spiro atoms. The topological polar surface area (TPSA) is 47.0 Å². The third-order valence-corrected chi connectivity index (χ3v) is 0.847. The molecule has 0 aromatic carbocycles. The van der Waals surface area contributed by atoms with Crippen LogP contribution in [0.3, 0.4) is 0 Å². The highest BCUT2D eigenvalue weighted by Crippen LogP contribution is 1.88. The molecule has 5 heteroatoms. The maximum absolute atomic E-state index is 8.80. The zero-order valence-electron chi connectivity index (χ0n) is 5.90. The fourth-order valence-corrected chi connectivity index (χ4v) is 0.426. The van der Waals surface area contributed by atoms with Crippen molar-refractivity contribution in [3.05, 3.63) is 30.1 Å². The minimum absolute atomic E-state index is 1.26. The van der Waals surface area contributed by atoms with Gasteiger partial charge in [-0.1, -0.05) is 0 Å². The molecule has 11 heavy (non-hydrogen) atoms. The average Bonchev–Trinajstić information content (AvgIpc) is 1.87. The monoisotopic (exact) mass is 193 g/mol. The first-order chi connectivity index (χ1) is 5.13. The van der Waals surface area contributed by atoms with Crippen LogP contribution in [0, 0.1) is 6.92 Å². The van der Waals surface area contributed by atoms with Gasteiger partial charge in [0.1, 0.15) is 0 Å². The molecule has 0 atom stereocenters. The summed E-state index contributed by atoms with van der Waals surface area (Å²) < 4.78 is 17.6. The number of aryl methyl sites for hydroxylation is 1. The summed E-state index contributed by atoms with van der Waals surface area (Å²) in [7, 11) is 1.58. The molecular weight excluding hydrogens is 186 g/mol. The molecule has 0 unspecified atom stereocenters. The summed E-state index contributed by atoms with van der Waals surface area (Å²) in [6.45, 7) is 2.04. The molecular formula is C6H8ClNO2S. The van der Waals surface area contributed by atoms with Gasteiger partial charge in [-0.2, -0.15) is 0 Å². The number of hydrogen-bond acceptors (Lipinski definition) is 3. The van der Waals surface area contributed by atoms with Gasteiger partial charge in [-0.05, 0) is 24.6 Å². The van der Waals surface area contributed by atoms with E-state index in [-0.39, 0.29) is 0 Å². The van der Waals surface area contributed by atoms with Crippen molar-refractivity contribution in [3.63, 3.8) is 0 Å². The predicted molar refractivity (Wildman–Crippen MR) is 45.1 cm³/mol. The molecule has 0 N–H and O–H groups in total. The first kappa shape index (κ1) is 10.4. The van der Waals surface area contributed by atoms with Crippen LogP contribution in [-0.2, 0) is 9.92 Å². The van der Waals surface area contributed by atoms with Crippen molar-refractivity contribution in [1.29, 1.82) is 0 Å². The molecule has 1 aromatic heterocycles. The lowest BCUT2D eigenvalue weighted by atomic mass is 10.3. The Morgan fingerprint density at radius 2 is 1.73 bits per heavy atom. The van der Waals surface area contributed by atoms with Crippen LogP contribution in [0.2, 0.25) is 0 Å². The Hall–Kier alpha value is -0.610. The number of nitrogens with zero attached hydrogens (tertiary/aromatic N) is 1. The molecule has 1 heterocycles. The van der Waals surface area contributed by atoms with Gasteiger partial charge in [0.25, 0.3) is 0 Å². The summed E-state index contributed by atoms with van der Waals surface area (Å²) in [5.41, 5.74) is 1.26. The molecule has 0 aliphatic carbocycles. The van der Waals surface area contributed by atoms with Crippen molar-refractivity contribution in [3.8, 4) is 0 Å². The largest absolute Gasteiger partial charge is 0.265 e. The smallest absolute Gasteiger partial charge is 0.222 e. The quantitative estimate of drug-likeness (QED) is 0.497. The summed E-state index contributed by atoms with van der Waals surface area (Å²) in [6.07, 6.45) is 3.57. The number of rotatable bonds is 0. The summed E-state index contributed by atoms with van der Waals surface area (Å²) in [6, 6.07) is 3.94. The van der Waals surface area contributed by atoms with E-state index in [1.54, 1.807) is 12.4 Å². The van der Waals surface area contributed by atoms with Crippen LogP contribution in [0.25, 0.3) is 0 Å². The van der Waals surface area contributed by atoms with Gasteiger partial charge in [0.2, 0.25) is 9.92 Å². The van der Waals surface area contributed by atoms with Gasteiger partial charge in [-0.15, -0.1) is 0 Å². The van der Waals surface area contributed by atoms with Gasteiger partial charge in [0.05, 0.1) is 0 Å². The van der Waals surface area contributed by atoms with Crippen molar-refractivity contribution in [2.24, 2.45) is 0 Å². The van der Waals surface area contributed by atoms with Crippen LogP contribution in [0.1, 0.15) is 5.56 Å². The van der Waals surface area contributed by atoms with Crippen molar-refractivity contribution >= 4 is 20.6 Å². The highest BCUT2D eigenvalue weighted by atomic mass is 35.7. The maximum Gasteiger partial charge on any atom is 0.222 e. The third kappa shape index (κ3) is 9.39. The van der Waals surface area contributed by atoms with Crippen molar-refractivity contribution in [2.45, 2.75) is 6.92 Å². The van der Waals surface area contributed by atoms with Crippen molar-refractivity contribution in [2.75, 3.05) is 0 Å². The molecule has 1 aromatic rings. The van der Waals surface area contributed by atoms with Crippen LogP contribution in [-0.4, -0.2) is 13.4 Å². The van der Waals surface area contributed by atoms with Crippen molar-refractivity contribution < 1.29 is 8.42 Å². The number of thiol groups is 1. The maximum atomic E-state index is 8.80. The Labute approximate surface area is 71.5 Å². The van der Waals surface area contributed by atoms with Gasteiger partial charge in [-0.3, -0.25) is 4.98 Å². The van der Waals surface area contributed by atoms with E-state index in [1.165, 1.54) is 5.56 Å². The van der Waals surface area contributed by atoms with Crippen LogP contribution in [0.5, 0.6) is 0 Å². The lowest BCUT2D eigenvalue weighted by Crippen LogP contribution is -1.68. The number of halogens is 1. The van der Waals surface area contributed by atoms with Gasteiger partial charge in [0, 0.05) is 23.1 Å². The number of hydrogen-bond donors (Lipinski definition) is 1. The van der Waals surface area contributed by atoms with E-state index >= 15 is 0 Å². The Morgan fingerprint density at radius 3 is 1.91 bits per heavy atom. The van der Waals surface area contributed by atoms with Gasteiger partial charge < -0.3 is 0 Å². The van der Waals surface area contributed by atoms with E-state index in [9.17, 15) is 0 Å². The summed E-state index contributed by atoms with van der Waals surface area (Å²) >= 11 is 0. The number of pyridine rings is 1. The normalized spacial score (nSPS) is 8.64. The lowest BCUT2D eigenvalue weighted by Gasteiger charge is -1.82. The molecule has 0 aliphatic heterocycles. The lowest BCUT2D eigenvalue weighted by molar-refractivity contribution is 0.626. The summed E-state index contributed by atoms with van der Waals surface area (Å²) in [5.74, 6) is 0. The fraction of sp³-hybridized carbons (Fsp3) is 0.167. The average molecular weight is 194 g/mol. The molecule has 3 nitrogen and oxygen atoms in total. The second-order valence-electron chi connectivity index (χ2n) is 1.74. The van der Waals surface area contributed by atoms with E-state index in [2.05, 4.69) is 15.7 Å². The van der Waals surface area contributed by atoms with E-state index < -0.39 is 9.92 Å². The first-order valence-electron chi connectivity index (χ1n) is 2.79. The number of aromatic nitrogens is 1. The molecule has 0 radical (unpaired) electrons. The standard InChI is InChI=1S/C6H7N.ClHO2S/c1-6-2-4-7-5-3-6;1-4(2)3/h2-5H,1H3;4H.